The van der Waals surface area contributed by atoms with Gasteiger partial charge in [0.1, 0.15) is 0 Å². The molecular weight excluding hydrogens is 390 g/mol. The van der Waals surface area contributed by atoms with E-state index in [9.17, 15) is 10.1 Å². The van der Waals surface area contributed by atoms with Gasteiger partial charge in [-0.15, -0.1) is 0 Å². The van der Waals surface area contributed by atoms with Crippen LogP contribution in [0.3, 0.4) is 0 Å². The summed E-state index contributed by atoms with van der Waals surface area (Å²) in [6.45, 7) is 4.33. The van der Waals surface area contributed by atoms with Crippen molar-refractivity contribution in [1.29, 1.82) is 5.26 Å². The van der Waals surface area contributed by atoms with E-state index in [2.05, 4.69) is 41.2 Å². The molecule has 160 valence electrons. The molecule has 3 heterocycles. The molecule has 0 aromatic heterocycles. The highest BCUT2D eigenvalue weighted by Gasteiger charge is 2.50. The third kappa shape index (κ3) is 3.79. The van der Waals surface area contributed by atoms with Gasteiger partial charge >= 0.3 is 6.03 Å². The van der Waals surface area contributed by atoms with Gasteiger partial charge in [0.05, 0.1) is 23.7 Å². The second kappa shape index (κ2) is 8.31. The smallest absolute Gasteiger partial charge is 0.325 e. The van der Waals surface area contributed by atoms with Gasteiger partial charge in [-0.05, 0) is 48.2 Å². The Morgan fingerprint density at radius 1 is 1.10 bits per heavy atom. The second-order valence-corrected chi connectivity index (χ2v) is 8.65. The summed E-state index contributed by atoms with van der Waals surface area (Å²) in [7, 11) is 0. The summed E-state index contributed by atoms with van der Waals surface area (Å²) in [6.07, 6.45) is 1.65. The van der Waals surface area contributed by atoms with Crippen molar-refractivity contribution in [2.24, 2.45) is 0 Å². The quantitative estimate of drug-likeness (QED) is 0.800. The number of ether oxygens (including phenoxy) is 1. The molecule has 3 aliphatic rings. The lowest BCUT2D eigenvalue weighted by molar-refractivity contribution is 0.00611. The average molecular weight is 418 g/mol. The molecule has 0 bridgehead atoms. The Balaban J connectivity index is 1.42. The lowest BCUT2D eigenvalue weighted by atomic mass is 9.88. The number of nitriles is 1. The summed E-state index contributed by atoms with van der Waals surface area (Å²) in [5.41, 5.74) is 9.92. The normalized spacial score (nSPS) is 21.1. The van der Waals surface area contributed by atoms with Crippen LogP contribution in [0.15, 0.2) is 48.5 Å². The number of carbonyl (C=O) groups excluding carboxylic acids is 1. The van der Waals surface area contributed by atoms with Crippen LogP contribution in [0.2, 0.25) is 0 Å². The number of rotatable bonds is 4. The number of urea groups is 1. The largest absolute Gasteiger partial charge is 0.381 e. The second-order valence-electron chi connectivity index (χ2n) is 8.65. The molecular formula is C24H27N5O2. The molecule has 3 saturated heterocycles. The predicted molar refractivity (Wildman–Crippen MR) is 117 cm³/mol. The van der Waals surface area contributed by atoms with Crippen molar-refractivity contribution < 1.29 is 9.53 Å². The SMILES string of the molecule is N#Cc1cccc(CN2C(=O)N(c3ccc(C4CNNC4)cc3)CC23CCOCC3)c1. The zero-order chi connectivity index (χ0) is 21.3. The number of hydrazine groups is 1. The fraction of sp³-hybridized carbons (Fsp3) is 0.417. The summed E-state index contributed by atoms with van der Waals surface area (Å²) in [5, 5.41) is 9.25. The zero-order valence-electron chi connectivity index (χ0n) is 17.5. The van der Waals surface area contributed by atoms with Crippen molar-refractivity contribution in [3.05, 3.63) is 65.2 Å². The first-order valence-electron chi connectivity index (χ1n) is 10.9. The Morgan fingerprint density at radius 3 is 2.55 bits per heavy atom. The molecule has 31 heavy (non-hydrogen) atoms. The van der Waals surface area contributed by atoms with Crippen LogP contribution in [0.5, 0.6) is 0 Å². The Hall–Kier alpha value is -2.92. The molecule has 3 fully saturated rings. The summed E-state index contributed by atoms with van der Waals surface area (Å²) in [6, 6.07) is 18.2. The first-order valence-corrected chi connectivity index (χ1v) is 10.9. The summed E-state index contributed by atoms with van der Waals surface area (Å²) >= 11 is 0. The topological polar surface area (TPSA) is 80.6 Å². The van der Waals surface area contributed by atoms with E-state index in [1.54, 1.807) is 6.07 Å². The lowest BCUT2D eigenvalue weighted by Crippen LogP contribution is -2.50. The zero-order valence-corrected chi connectivity index (χ0v) is 17.5. The molecule has 2 amide bonds. The van der Waals surface area contributed by atoms with Crippen LogP contribution in [0, 0.1) is 11.3 Å². The number of hydrogen-bond donors (Lipinski definition) is 2. The first-order chi connectivity index (χ1) is 15.2. The summed E-state index contributed by atoms with van der Waals surface area (Å²) in [5.74, 6) is 0.453. The van der Waals surface area contributed by atoms with E-state index in [1.165, 1.54) is 5.56 Å². The number of hydrogen-bond acceptors (Lipinski definition) is 5. The molecule has 0 radical (unpaired) electrons. The average Bonchev–Trinajstić information content (AvgIpc) is 3.44. The number of nitrogens with zero attached hydrogens (tertiary/aromatic N) is 3. The van der Waals surface area contributed by atoms with Crippen LogP contribution in [-0.4, -0.2) is 49.3 Å². The van der Waals surface area contributed by atoms with Crippen LogP contribution < -0.4 is 15.8 Å². The van der Waals surface area contributed by atoms with Gasteiger partial charge in [0.15, 0.2) is 0 Å². The van der Waals surface area contributed by atoms with Gasteiger partial charge in [0, 0.05) is 44.5 Å². The van der Waals surface area contributed by atoms with Crippen molar-refractivity contribution in [3.8, 4) is 6.07 Å². The van der Waals surface area contributed by atoms with Crippen molar-refractivity contribution in [2.45, 2.75) is 30.8 Å². The maximum Gasteiger partial charge on any atom is 0.325 e. The van der Waals surface area contributed by atoms with Crippen LogP contribution in [0.1, 0.15) is 35.4 Å². The molecule has 0 aliphatic carbocycles. The van der Waals surface area contributed by atoms with E-state index < -0.39 is 0 Å². The fourth-order valence-corrected chi connectivity index (χ4v) is 4.96. The standard InChI is InChI=1S/C24H27N5O2/c25-13-18-2-1-3-19(12-18)16-29-23(30)28(17-24(29)8-10-31-11-9-24)22-6-4-20(5-7-22)21-14-26-27-15-21/h1-7,12,21,26-27H,8-11,14-17H2. The van der Waals surface area contributed by atoms with Gasteiger partial charge < -0.3 is 9.64 Å². The van der Waals surface area contributed by atoms with Crippen LogP contribution in [0.4, 0.5) is 10.5 Å². The molecule has 3 aliphatic heterocycles. The Bertz CT molecular complexity index is 988. The maximum absolute atomic E-state index is 13.6. The molecule has 1 spiro atoms. The Morgan fingerprint density at radius 2 is 1.84 bits per heavy atom. The van der Waals surface area contributed by atoms with Crippen molar-refractivity contribution in [2.75, 3.05) is 37.7 Å². The highest BCUT2D eigenvalue weighted by molar-refractivity contribution is 5.95. The minimum atomic E-state index is -0.240. The minimum Gasteiger partial charge on any atom is -0.381 e. The molecule has 7 nitrogen and oxygen atoms in total. The number of amides is 2. The van der Waals surface area contributed by atoms with Gasteiger partial charge in [0.25, 0.3) is 0 Å². The molecule has 0 saturated carbocycles. The highest BCUT2D eigenvalue weighted by Crippen LogP contribution is 2.39. The van der Waals surface area contributed by atoms with E-state index in [1.807, 2.05) is 28.0 Å². The van der Waals surface area contributed by atoms with Crippen LogP contribution >= 0.6 is 0 Å². The van der Waals surface area contributed by atoms with E-state index in [4.69, 9.17) is 4.74 Å². The molecule has 2 N–H and O–H groups in total. The molecule has 5 rings (SSSR count). The van der Waals surface area contributed by atoms with Crippen LogP contribution in [0.25, 0.3) is 0 Å². The Labute approximate surface area is 182 Å². The maximum atomic E-state index is 13.6. The number of anilines is 1. The van der Waals surface area contributed by atoms with E-state index in [0.29, 0.717) is 37.8 Å². The fourth-order valence-electron chi connectivity index (χ4n) is 4.96. The third-order valence-electron chi connectivity index (χ3n) is 6.81. The molecule has 2 aromatic carbocycles. The summed E-state index contributed by atoms with van der Waals surface area (Å²) in [4.78, 5) is 17.5. The highest BCUT2D eigenvalue weighted by atomic mass is 16.5. The molecule has 0 atom stereocenters. The Kier molecular flexibility index (Phi) is 5.36. The molecule has 2 aromatic rings. The van der Waals surface area contributed by atoms with E-state index in [-0.39, 0.29) is 11.6 Å². The van der Waals surface area contributed by atoms with Gasteiger partial charge in [-0.3, -0.25) is 15.8 Å². The van der Waals surface area contributed by atoms with Gasteiger partial charge in [0.2, 0.25) is 0 Å². The summed E-state index contributed by atoms with van der Waals surface area (Å²) < 4.78 is 5.63. The first kappa shape index (κ1) is 20.0. The minimum absolute atomic E-state index is 0.0289. The van der Waals surface area contributed by atoms with E-state index in [0.717, 1.165) is 37.2 Å². The van der Waals surface area contributed by atoms with Crippen LogP contribution in [-0.2, 0) is 11.3 Å². The van der Waals surface area contributed by atoms with Gasteiger partial charge in [-0.2, -0.15) is 5.26 Å². The van der Waals surface area contributed by atoms with Crippen molar-refractivity contribution >= 4 is 11.7 Å². The van der Waals surface area contributed by atoms with Crippen molar-refractivity contribution in [3.63, 3.8) is 0 Å². The van der Waals surface area contributed by atoms with Crippen molar-refractivity contribution in [1.82, 2.24) is 15.8 Å². The lowest BCUT2D eigenvalue weighted by Gasteiger charge is -2.40. The molecule has 0 unspecified atom stereocenters. The molecule has 7 heteroatoms. The van der Waals surface area contributed by atoms with E-state index >= 15 is 0 Å². The predicted octanol–water partition coefficient (Wildman–Crippen LogP) is 2.74. The monoisotopic (exact) mass is 417 g/mol. The number of nitrogens with one attached hydrogen (secondary N) is 2. The van der Waals surface area contributed by atoms with Gasteiger partial charge in [-0.1, -0.05) is 24.3 Å². The number of carbonyl (C=O) groups is 1. The van der Waals surface area contributed by atoms with Gasteiger partial charge in [-0.25, -0.2) is 4.79 Å². The number of benzene rings is 2. The third-order valence-corrected chi connectivity index (χ3v) is 6.81.